The van der Waals surface area contributed by atoms with E-state index in [4.69, 9.17) is 4.42 Å². The number of aliphatic hydroxyl groups is 1. The van der Waals surface area contributed by atoms with Gasteiger partial charge in [0.05, 0.1) is 7.11 Å². The van der Waals surface area contributed by atoms with E-state index in [-0.39, 0.29) is 17.1 Å². The van der Waals surface area contributed by atoms with Gasteiger partial charge >= 0.3 is 5.97 Å². The number of hydrogen-bond acceptors (Lipinski definition) is 4. The van der Waals surface area contributed by atoms with Crippen LogP contribution in [0, 0.1) is 5.82 Å². The number of halogens is 2. The van der Waals surface area contributed by atoms with Gasteiger partial charge in [-0.2, -0.15) is 0 Å². The molecule has 0 saturated carbocycles. The molecule has 1 atom stereocenters. The van der Waals surface area contributed by atoms with Crippen LogP contribution >= 0.6 is 15.9 Å². The van der Waals surface area contributed by atoms with Crippen molar-refractivity contribution >= 4 is 21.9 Å². The first-order valence-corrected chi connectivity index (χ1v) is 6.13. The zero-order valence-electron chi connectivity index (χ0n) is 9.89. The highest BCUT2D eigenvalue weighted by Crippen LogP contribution is 2.28. The first kappa shape index (κ1) is 13.8. The van der Waals surface area contributed by atoms with Gasteiger partial charge in [0.25, 0.3) is 0 Å². The predicted octanol–water partition coefficient (Wildman–Crippen LogP) is 3.05. The van der Waals surface area contributed by atoms with E-state index >= 15 is 0 Å². The van der Waals surface area contributed by atoms with Crippen molar-refractivity contribution < 1.29 is 23.4 Å². The van der Waals surface area contributed by atoms with E-state index in [0.29, 0.717) is 4.47 Å². The largest absolute Gasteiger partial charge is 0.463 e. The van der Waals surface area contributed by atoms with Gasteiger partial charge in [-0.1, -0.05) is 15.9 Å². The molecule has 0 bridgehead atoms. The molecule has 2 aromatic rings. The highest BCUT2D eigenvalue weighted by Gasteiger charge is 2.21. The summed E-state index contributed by atoms with van der Waals surface area (Å²) in [6, 6.07) is 6.96. The summed E-state index contributed by atoms with van der Waals surface area (Å²) >= 11 is 3.19. The van der Waals surface area contributed by atoms with Crippen LogP contribution in [0.15, 0.2) is 39.2 Å². The fourth-order valence-electron chi connectivity index (χ4n) is 1.59. The van der Waals surface area contributed by atoms with Crippen molar-refractivity contribution in [3.05, 3.63) is 57.7 Å². The Labute approximate surface area is 116 Å². The fourth-order valence-corrected chi connectivity index (χ4v) is 1.97. The Kier molecular flexibility index (Phi) is 4.01. The summed E-state index contributed by atoms with van der Waals surface area (Å²) in [6.45, 7) is 0. The number of aliphatic hydroxyl groups excluding tert-OH is 1. The summed E-state index contributed by atoms with van der Waals surface area (Å²) in [5.74, 6) is -1.20. The zero-order chi connectivity index (χ0) is 14.0. The molecule has 0 fully saturated rings. The minimum absolute atomic E-state index is 0.0491. The Hall–Kier alpha value is -1.66. The maximum Gasteiger partial charge on any atom is 0.373 e. The average Bonchev–Trinajstić information content (AvgIpc) is 2.89. The summed E-state index contributed by atoms with van der Waals surface area (Å²) in [7, 11) is 1.22. The van der Waals surface area contributed by atoms with E-state index < -0.39 is 17.9 Å². The summed E-state index contributed by atoms with van der Waals surface area (Å²) in [5, 5.41) is 10.1. The van der Waals surface area contributed by atoms with Crippen LogP contribution in [-0.4, -0.2) is 18.2 Å². The van der Waals surface area contributed by atoms with E-state index in [1.807, 2.05) is 0 Å². The van der Waals surface area contributed by atoms with Crippen LogP contribution in [0.25, 0.3) is 0 Å². The van der Waals surface area contributed by atoms with Crippen molar-refractivity contribution in [2.75, 3.05) is 7.11 Å². The molecule has 100 valence electrons. The molecule has 0 amide bonds. The van der Waals surface area contributed by atoms with Crippen molar-refractivity contribution in [1.29, 1.82) is 0 Å². The topological polar surface area (TPSA) is 59.7 Å². The lowest BCUT2D eigenvalue weighted by Crippen LogP contribution is -2.02. The highest BCUT2D eigenvalue weighted by molar-refractivity contribution is 9.10. The Morgan fingerprint density at radius 3 is 2.84 bits per heavy atom. The van der Waals surface area contributed by atoms with E-state index in [0.717, 1.165) is 0 Å². The molecule has 19 heavy (non-hydrogen) atoms. The van der Waals surface area contributed by atoms with Crippen molar-refractivity contribution in [3.63, 3.8) is 0 Å². The molecule has 1 heterocycles. The molecular weight excluding hydrogens is 319 g/mol. The van der Waals surface area contributed by atoms with Gasteiger partial charge in [-0.25, -0.2) is 9.18 Å². The summed E-state index contributed by atoms with van der Waals surface area (Å²) < 4.78 is 23.9. The fraction of sp³-hybridized carbons (Fsp3) is 0.154. The van der Waals surface area contributed by atoms with Gasteiger partial charge in [0.1, 0.15) is 17.7 Å². The summed E-state index contributed by atoms with van der Waals surface area (Å²) in [5.41, 5.74) is 0.0557. The number of carbonyl (C=O) groups is 1. The van der Waals surface area contributed by atoms with Crippen LogP contribution in [0.4, 0.5) is 4.39 Å². The maximum absolute atomic E-state index is 13.6. The van der Waals surface area contributed by atoms with Crippen LogP contribution in [0.5, 0.6) is 0 Å². The van der Waals surface area contributed by atoms with Crippen LogP contribution in [0.2, 0.25) is 0 Å². The number of hydrogen-bond donors (Lipinski definition) is 1. The van der Waals surface area contributed by atoms with Crippen molar-refractivity contribution in [2.24, 2.45) is 0 Å². The first-order chi connectivity index (χ1) is 9.02. The lowest BCUT2D eigenvalue weighted by Gasteiger charge is -2.09. The Morgan fingerprint density at radius 1 is 1.42 bits per heavy atom. The molecule has 0 aliphatic carbocycles. The normalized spacial score (nSPS) is 12.2. The van der Waals surface area contributed by atoms with Crippen LogP contribution in [0.3, 0.4) is 0 Å². The van der Waals surface area contributed by atoms with Crippen molar-refractivity contribution in [2.45, 2.75) is 6.10 Å². The number of benzene rings is 1. The number of methoxy groups -OCH3 is 1. The summed E-state index contributed by atoms with van der Waals surface area (Å²) in [4.78, 5) is 11.2. The molecule has 1 aromatic heterocycles. The average molecular weight is 329 g/mol. The molecule has 0 saturated heterocycles. The molecule has 0 radical (unpaired) electrons. The van der Waals surface area contributed by atoms with Crippen molar-refractivity contribution in [1.82, 2.24) is 0 Å². The molecule has 1 N–H and O–H groups in total. The van der Waals surface area contributed by atoms with Crippen molar-refractivity contribution in [3.8, 4) is 0 Å². The first-order valence-electron chi connectivity index (χ1n) is 5.34. The molecule has 0 aliphatic heterocycles. The van der Waals surface area contributed by atoms with E-state index in [2.05, 4.69) is 20.7 Å². The molecular formula is C13H10BrFO4. The van der Waals surface area contributed by atoms with Gasteiger partial charge in [0, 0.05) is 10.0 Å². The molecule has 0 spiro atoms. The van der Waals surface area contributed by atoms with Gasteiger partial charge in [0.15, 0.2) is 0 Å². The second kappa shape index (κ2) is 5.54. The molecule has 1 unspecified atom stereocenters. The molecule has 4 nitrogen and oxygen atoms in total. The molecule has 6 heteroatoms. The van der Waals surface area contributed by atoms with E-state index in [1.54, 1.807) is 0 Å². The molecule has 2 rings (SSSR count). The Balaban J connectivity index is 2.33. The third kappa shape index (κ3) is 2.85. The minimum atomic E-state index is -1.30. The SMILES string of the molecule is COC(=O)c1ccc(C(O)c2cc(Br)ccc2F)o1. The van der Waals surface area contributed by atoms with Crippen LogP contribution in [-0.2, 0) is 4.74 Å². The predicted molar refractivity (Wildman–Crippen MR) is 68.2 cm³/mol. The number of furan rings is 1. The standard InChI is InChI=1S/C13H10BrFO4/c1-18-13(17)11-5-4-10(19-11)12(16)8-6-7(14)2-3-9(8)15/h2-6,12,16H,1H3. The van der Waals surface area contributed by atoms with Gasteiger partial charge in [0.2, 0.25) is 5.76 Å². The second-order valence-corrected chi connectivity index (χ2v) is 4.68. The van der Waals surface area contributed by atoms with E-state index in [9.17, 15) is 14.3 Å². The monoisotopic (exact) mass is 328 g/mol. The third-order valence-electron chi connectivity index (χ3n) is 2.54. The number of esters is 1. The highest BCUT2D eigenvalue weighted by atomic mass is 79.9. The summed E-state index contributed by atoms with van der Waals surface area (Å²) in [6.07, 6.45) is -1.30. The Morgan fingerprint density at radius 2 is 2.16 bits per heavy atom. The maximum atomic E-state index is 13.6. The van der Waals surface area contributed by atoms with Gasteiger partial charge in [-0.15, -0.1) is 0 Å². The van der Waals surface area contributed by atoms with Crippen LogP contribution in [0.1, 0.15) is 28.0 Å². The van der Waals surface area contributed by atoms with Crippen LogP contribution < -0.4 is 0 Å². The quantitative estimate of drug-likeness (QED) is 0.880. The van der Waals surface area contributed by atoms with Gasteiger partial charge < -0.3 is 14.3 Å². The molecule has 0 aliphatic rings. The second-order valence-electron chi connectivity index (χ2n) is 3.76. The number of carbonyl (C=O) groups excluding carboxylic acids is 1. The number of ether oxygens (including phenoxy) is 1. The third-order valence-corrected chi connectivity index (χ3v) is 3.03. The number of rotatable bonds is 3. The Bertz CT molecular complexity index is 608. The minimum Gasteiger partial charge on any atom is -0.463 e. The van der Waals surface area contributed by atoms with Gasteiger partial charge in [-0.3, -0.25) is 0 Å². The zero-order valence-corrected chi connectivity index (χ0v) is 11.5. The lowest BCUT2D eigenvalue weighted by molar-refractivity contribution is 0.0558. The van der Waals surface area contributed by atoms with Gasteiger partial charge in [-0.05, 0) is 30.3 Å². The smallest absolute Gasteiger partial charge is 0.373 e. The lowest BCUT2D eigenvalue weighted by atomic mass is 10.1. The molecule has 1 aromatic carbocycles. The van der Waals surface area contributed by atoms with E-state index in [1.165, 1.54) is 37.4 Å².